The summed E-state index contributed by atoms with van der Waals surface area (Å²) in [5.74, 6) is 0.406. The number of fused-ring (bicyclic) bond motifs is 7. The molecule has 11 rings (SSSR count). The summed E-state index contributed by atoms with van der Waals surface area (Å²) in [4.78, 5) is 9.82. The normalized spacial score (nSPS) is 13.1. The van der Waals surface area contributed by atoms with Crippen molar-refractivity contribution in [1.82, 2.24) is 14.5 Å². The van der Waals surface area contributed by atoms with E-state index >= 15 is 0 Å². The molecule has 3 heterocycles. The van der Waals surface area contributed by atoms with E-state index in [1.807, 2.05) is 80.7 Å². The summed E-state index contributed by atoms with van der Waals surface area (Å²) in [5.41, 5.74) is 13.6. The van der Waals surface area contributed by atoms with Gasteiger partial charge in [0.05, 0.1) is 22.4 Å². The zero-order valence-corrected chi connectivity index (χ0v) is 43.1. The average Bonchev–Trinajstić information content (AvgIpc) is 3.93. The number of aryl methyl sites for hydroxylation is 1. The molecule has 1 radical (unpaired) electrons. The Bertz CT molecular complexity index is 3790. The van der Waals surface area contributed by atoms with E-state index in [4.69, 9.17) is 14.9 Å². The Morgan fingerprint density at radius 1 is 0.667 bits per heavy atom. The fourth-order valence-corrected chi connectivity index (χ4v) is 9.70. The number of benzene rings is 8. The number of rotatable bonds is 7. The average molecular weight is 1080 g/mol. The summed E-state index contributed by atoms with van der Waals surface area (Å²) in [6, 6.07) is 58.2. The molecule has 0 aliphatic rings. The number of imidazole rings is 1. The molecule has 0 N–H and O–H groups in total. The molecule has 4 nitrogen and oxygen atoms in total. The third-order valence-corrected chi connectivity index (χ3v) is 13.2. The Kier molecular flexibility index (Phi) is 11.7. The van der Waals surface area contributed by atoms with Gasteiger partial charge in [-0.25, -0.2) is 0 Å². The second-order valence-electron chi connectivity index (χ2n) is 19.8. The number of hydrogen-bond donors (Lipinski definition) is 0. The predicted molar refractivity (Wildman–Crippen MR) is 287 cm³/mol. The number of furan rings is 1. The van der Waals surface area contributed by atoms with Gasteiger partial charge in [0.2, 0.25) is 0 Å². The molecular weight excluding hydrogens is 1020 g/mol. The van der Waals surface area contributed by atoms with Crippen LogP contribution in [0.15, 0.2) is 162 Å². The molecule has 0 unspecified atom stereocenters. The maximum Gasteiger partial charge on any atom is 0.121 e. The van der Waals surface area contributed by atoms with Gasteiger partial charge < -0.3 is 14.0 Å². The van der Waals surface area contributed by atoms with Crippen molar-refractivity contribution in [1.29, 1.82) is 0 Å². The molecule has 0 aliphatic carbocycles. The molecule has 0 bridgehead atoms. The molecule has 0 amide bonds. The Morgan fingerprint density at radius 2 is 1.36 bits per heavy atom. The van der Waals surface area contributed by atoms with Gasteiger partial charge in [-0.15, -0.1) is 53.6 Å². The minimum Gasteiger partial charge on any atom is -0.501 e. The van der Waals surface area contributed by atoms with Crippen LogP contribution in [0, 0.1) is 19.0 Å². The summed E-state index contributed by atoms with van der Waals surface area (Å²) in [6.45, 7) is 16.9. The van der Waals surface area contributed by atoms with E-state index in [9.17, 15) is 0 Å². The van der Waals surface area contributed by atoms with Crippen LogP contribution in [0.3, 0.4) is 0 Å². The van der Waals surface area contributed by atoms with Crippen LogP contribution in [-0.4, -0.2) is 14.5 Å². The van der Waals surface area contributed by atoms with Gasteiger partial charge in [0.25, 0.3) is 0 Å². The van der Waals surface area contributed by atoms with Gasteiger partial charge in [0.15, 0.2) is 0 Å². The van der Waals surface area contributed by atoms with Crippen molar-refractivity contribution in [3.05, 3.63) is 198 Å². The SMILES string of the molecule is [2H]C(C)(C)c1cnc(-c2[c-]cccc2)cc1C(C)(C)C.[2H]C([2H])([2H])c1c[c-]c(-c2nc3ccccc3n2-c2c(C(C)C)cc(-c3ccccc3)cc2C(C)C)c2oc3cc4c(ccc5ccccc54)cc3c12.[Ir]. The Morgan fingerprint density at radius 3 is 2.06 bits per heavy atom. The van der Waals surface area contributed by atoms with E-state index in [1.165, 1.54) is 27.8 Å². The molecule has 3 aromatic heterocycles. The van der Waals surface area contributed by atoms with Crippen molar-refractivity contribution in [2.45, 2.75) is 92.3 Å². The molecular formula is C64H59IrN3O-2. The molecule has 0 fully saturated rings. The molecule has 347 valence electrons. The van der Waals surface area contributed by atoms with Gasteiger partial charge in [0, 0.05) is 42.9 Å². The minimum atomic E-state index is -2.38. The Balaban J connectivity index is 0.000000264. The summed E-state index contributed by atoms with van der Waals surface area (Å²) >= 11 is 0. The fourth-order valence-electron chi connectivity index (χ4n) is 9.70. The molecule has 0 atom stereocenters. The van der Waals surface area contributed by atoms with E-state index in [1.54, 1.807) is 6.07 Å². The molecule has 0 saturated heterocycles. The fraction of sp³-hybridized carbons (Fsp3) is 0.219. The maximum atomic E-state index is 8.57. The number of hydrogen-bond acceptors (Lipinski definition) is 3. The first kappa shape index (κ1) is 42.5. The Labute approximate surface area is 426 Å². The minimum absolute atomic E-state index is 0. The van der Waals surface area contributed by atoms with Gasteiger partial charge in [0.1, 0.15) is 5.58 Å². The van der Waals surface area contributed by atoms with E-state index < -0.39 is 12.7 Å². The molecule has 69 heavy (non-hydrogen) atoms. The van der Waals surface area contributed by atoms with Crippen molar-refractivity contribution in [2.75, 3.05) is 0 Å². The topological polar surface area (TPSA) is 43.9 Å². The van der Waals surface area contributed by atoms with Crippen LogP contribution >= 0.6 is 0 Å². The van der Waals surface area contributed by atoms with Crippen LogP contribution < -0.4 is 0 Å². The van der Waals surface area contributed by atoms with Crippen LogP contribution in [0.25, 0.3) is 94.0 Å². The van der Waals surface area contributed by atoms with Crippen molar-refractivity contribution >= 4 is 54.5 Å². The largest absolute Gasteiger partial charge is 0.501 e. The standard InChI is InChI=1S/C46H37N2O.C18H22N.Ir/c1-27(2)36-24-33(30-13-7-6-8-14-30)25-37(28(3)4)44(36)48-41-18-12-11-17-40(41)47-46(48)35-22-19-29(5)43-39-23-32-21-20-31-15-9-10-16-34(31)38(32)26-42(39)49-45(35)43;1-13(2)15-12-19-17(11-16(15)18(3,4)5)14-9-7-6-8-10-14;/h6-21,23-28H,1-5H3;6-9,11-13H,1-5H3;/q2*-1;/i5D3;13D;. The van der Waals surface area contributed by atoms with Crippen molar-refractivity contribution in [2.24, 2.45) is 0 Å². The van der Waals surface area contributed by atoms with Gasteiger partial charge in [-0.05, 0) is 120 Å². The molecule has 8 aromatic carbocycles. The molecule has 0 spiro atoms. The summed E-state index contributed by atoms with van der Waals surface area (Å²) in [5, 5.41) is 5.67. The summed E-state index contributed by atoms with van der Waals surface area (Å²) in [7, 11) is 0. The van der Waals surface area contributed by atoms with E-state index in [0.717, 1.165) is 60.5 Å². The van der Waals surface area contributed by atoms with E-state index in [-0.39, 0.29) is 42.9 Å². The number of para-hydroxylation sites is 2. The van der Waals surface area contributed by atoms with Crippen molar-refractivity contribution in [3.8, 4) is 39.5 Å². The second kappa shape index (κ2) is 19.0. The van der Waals surface area contributed by atoms with Gasteiger partial charge in [-0.2, -0.15) is 0 Å². The third-order valence-electron chi connectivity index (χ3n) is 13.2. The molecule has 0 saturated carbocycles. The quantitative estimate of drug-likeness (QED) is 0.118. The van der Waals surface area contributed by atoms with Crippen molar-refractivity contribution in [3.63, 3.8) is 0 Å². The van der Waals surface area contributed by atoms with Crippen molar-refractivity contribution < 1.29 is 30.0 Å². The Hall–Kier alpha value is -6.65. The van der Waals surface area contributed by atoms with E-state index in [2.05, 4.69) is 155 Å². The van der Waals surface area contributed by atoms with Crippen LogP contribution in [0.5, 0.6) is 0 Å². The summed E-state index contributed by atoms with van der Waals surface area (Å²) in [6.07, 6.45) is 1.85. The zero-order valence-electron chi connectivity index (χ0n) is 44.7. The first-order chi connectivity index (χ1) is 34.3. The zero-order chi connectivity index (χ0) is 50.9. The summed E-state index contributed by atoms with van der Waals surface area (Å²) < 4.78 is 43.1. The molecule has 11 aromatic rings. The van der Waals surface area contributed by atoms with Gasteiger partial charge in [-0.1, -0.05) is 165 Å². The number of pyridine rings is 1. The third kappa shape index (κ3) is 8.84. The van der Waals surface area contributed by atoms with Gasteiger partial charge >= 0.3 is 0 Å². The van der Waals surface area contributed by atoms with E-state index in [0.29, 0.717) is 27.9 Å². The first-order valence-electron chi connectivity index (χ1n) is 25.7. The molecule has 5 heteroatoms. The monoisotopic (exact) mass is 1080 g/mol. The predicted octanol–water partition coefficient (Wildman–Crippen LogP) is 17.9. The molecule has 0 aliphatic heterocycles. The van der Waals surface area contributed by atoms with Crippen LogP contribution in [0.1, 0.15) is 113 Å². The second-order valence-corrected chi connectivity index (χ2v) is 19.8. The van der Waals surface area contributed by atoms with Crippen LogP contribution in [0.4, 0.5) is 0 Å². The maximum absolute atomic E-state index is 8.57. The van der Waals surface area contributed by atoms with Gasteiger partial charge in [-0.3, -0.25) is 4.98 Å². The first-order valence-corrected chi connectivity index (χ1v) is 23.7. The smallest absolute Gasteiger partial charge is 0.121 e. The van der Waals surface area contributed by atoms with Crippen LogP contribution in [0.2, 0.25) is 0 Å². The number of aromatic nitrogens is 3. The number of nitrogens with zero attached hydrogens (tertiary/aromatic N) is 3. The van der Waals surface area contributed by atoms with Crippen LogP contribution in [-0.2, 0) is 25.5 Å².